The Bertz CT molecular complexity index is 1210. The molecule has 36 heavy (non-hydrogen) atoms. The summed E-state index contributed by atoms with van der Waals surface area (Å²) in [6.45, 7) is 4.47. The summed E-state index contributed by atoms with van der Waals surface area (Å²) in [5.41, 5.74) is 0.963. The first kappa shape index (κ1) is 23.9. The van der Waals surface area contributed by atoms with E-state index in [1.165, 1.54) is 18.2 Å². The van der Waals surface area contributed by atoms with Crippen LogP contribution in [-0.4, -0.2) is 58.7 Å². The van der Waals surface area contributed by atoms with Crippen molar-refractivity contribution in [3.63, 3.8) is 0 Å². The SMILES string of the molecule is [2H]C([2H])([2H])c1ncc(C(=O)Nc2ccc(CN3CCN(NC(=O)OC(C)(C)C)CC3)c(C(F)(F)F)c2)cc1I. The number of benzene rings is 1. The van der Waals surface area contributed by atoms with Gasteiger partial charge in [0, 0.05) is 52.3 Å². The van der Waals surface area contributed by atoms with Gasteiger partial charge in [0.15, 0.2) is 0 Å². The number of piperazine rings is 1. The Balaban J connectivity index is 1.67. The predicted octanol–water partition coefficient (Wildman–Crippen LogP) is 4.82. The molecule has 0 saturated carbocycles. The van der Waals surface area contributed by atoms with Crippen LogP contribution >= 0.6 is 22.6 Å². The van der Waals surface area contributed by atoms with Crippen LogP contribution in [0.5, 0.6) is 0 Å². The molecule has 2 amide bonds. The summed E-state index contributed by atoms with van der Waals surface area (Å²) >= 11 is 1.75. The van der Waals surface area contributed by atoms with Gasteiger partial charge in [0.2, 0.25) is 0 Å². The van der Waals surface area contributed by atoms with Crippen LogP contribution in [0.3, 0.4) is 0 Å². The third-order valence-corrected chi connectivity index (χ3v) is 6.01. The van der Waals surface area contributed by atoms with Crippen molar-refractivity contribution in [3.8, 4) is 0 Å². The summed E-state index contributed by atoms with van der Waals surface area (Å²) in [7, 11) is 0. The number of pyridine rings is 1. The number of hydrogen-bond acceptors (Lipinski definition) is 6. The van der Waals surface area contributed by atoms with Crippen LogP contribution in [0.15, 0.2) is 30.5 Å². The topological polar surface area (TPSA) is 86.8 Å². The molecule has 1 aromatic heterocycles. The number of amides is 2. The number of nitrogens with one attached hydrogen (secondary N) is 2. The van der Waals surface area contributed by atoms with E-state index in [9.17, 15) is 22.8 Å². The van der Waals surface area contributed by atoms with E-state index in [1.54, 1.807) is 48.4 Å². The highest BCUT2D eigenvalue weighted by Gasteiger charge is 2.34. The number of rotatable bonds is 5. The molecule has 1 aliphatic heterocycles. The third kappa shape index (κ3) is 8.03. The van der Waals surface area contributed by atoms with Gasteiger partial charge in [0.05, 0.1) is 16.8 Å². The van der Waals surface area contributed by atoms with Crippen LogP contribution in [0, 0.1) is 10.4 Å². The third-order valence-electron chi connectivity index (χ3n) is 5.19. The number of aromatic nitrogens is 1. The minimum Gasteiger partial charge on any atom is -0.443 e. The first-order valence-corrected chi connectivity index (χ1v) is 12.1. The summed E-state index contributed by atoms with van der Waals surface area (Å²) in [5, 5.41) is 4.09. The lowest BCUT2D eigenvalue weighted by Gasteiger charge is -2.35. The molecule has 1 aliphatic rings. The zero-order valence-corrected chi connectivity index (χ0v) is 22.2. The fraction of sp³-hybridized carbons (Fsp3) is 0.458. The average molecular weight is 622 g/mol. The molecule has 0 spiro atoms. The van der Waals surface area contributed by atoms with Crippen LogP contribution in [0.25, 0.3) is 0 Å². The molecule has 2 aromatic rings. The number of carbonyl (C=O) groups excluding carboxylic acids is 2. The molecule has 1 aromatic carbocycles. The molecule has 0 unspecified atom stereocenters. The molecule has 2 heterocycles. The lowest BCUT2D eigenvalue weighted by molar-refractivity contribution is -0.138. The molecule has 1 fully saturated rings. The van der Waals surface area contributed by atoms with Gasteiger partial charge in [-0.3, -0.25) is 20.1 Å². The van der Waals surface area contributed by atoms with E-state index in [0.29, 0.717) is 26.2 Å². The van der Waals surface area contributed by atoms with Gasteiger partial charge in [-0.15, -0.1) is 0 Å². The normalized spacial score (nSPS) is 17.0. The summed E-state index contributed by atoms with van der Waals surface area (Å²) in [5.74, 6) is -0.716. The van der Waals surface area contributed by atoms with Gasteiger partial charge in [-0.2, -0.15) is 13.2 Å². The summed E-state index contributed by atoms with van der Waals surface area (Å²) in [6, 6.07) is 4.91. The molecule has 0 atom stereocenters. The lowest BCUT2D eigenvalue weighted by atomic mass is 10.0. The van der Waals surface area contributed by atoms with Crippen molar-refractivity contribution in [2.75, 3.05) is 31.5 Å². The highest BCUT2D eigenvalue weighted by atomic mass is 127. The second-order valence-electron chi connectivity index (χ2n) is 9.26. The van der Waals surface area contributed by atoms with E-state index < -0.39 is 36.2 Å². The van der Waals surface area contributed by atoms with Crippen LogP contribution in [0.4, 0.5) is 23.7 Å². The number of hydrazine groups is 1. The van der Waals surface area contributed by atoms with Gasteiger partial charge in [0.1, 0.15) is 5.60 Å². The zero-order valence-electron chi connectivity index (χ0n) is 23.0. The van der Waals surface area contributed by atoms with E-state index in [0.717, 1.165) is 12.3 Å². The van der Waals surface area contributed by atoms with Gasteiger partial charge in [0.25, 0.3) is 5.91 Å². The standard InChI is InChI=1S/C24H29F3IN5O3/c1-15-20(28)11-17(13-29-15)21(34)30-18-6-5-16(19(12-18)24(25,26)27)14-32-7-9-33(10-8-32)31-22(35)36-23(2,3)4/h5-6,11-13H,7-10,14H2,1-4H3,(H,30,34)(H,31,35)/i1D3. The number of anilines is 1. The molecule has 2 N–H and O–H groups in total. The van der Waals surface area contributed by atoms with Crippen molar-refractivity contribution >= 4 is 40.3 Å². The molecule has 8 nitrogen and oxygen atoms in total. The Kier molecular flexibility index (Phi) is 7.51. The second-order valence-corrected chi connectivity index (χ2v) is 10.4. The number of nitrogens with zero attached hydrogens (tertiary/aromatic N) is 3. The van der Waals surface area contributed by atoms with Crippen LogP contribution < -0.4 is 10.7 Å². The molecule has 0 radical (unpaired) electrons. The Morgan fingerprint density at radius 1 is 1.17 bits per heavy atom. The van der Waals surface area contributed by atoms with E-state index in [-0.39, 0.29) is 32.6 Å². The van der Waals surface area contributed by atoms with Crippen molar-refractivity contribution in [1.29, 1.82) is 0 Å². The van der Waals surface area contributed by atoms with Crippen LogP contribution in [-0.2, 0) is 17.5 Å². The van der Waals surface area contributed by atoms with E-state index in [2.05, 4.69) is 15.7 Å². The quantitative estimate of drug-likeness (QED) is 0.466. The van der Waals surface area contributed by atoms with E-state index in [4.69, 9.17) is 8.85 Å². The first-order valence-electron chi connectivity index (χ1n) is 12.6. The molecule has 0 bridgehead atoms. The van der Waals surface area contributed by atoms with Gasteiger partial charge >= 0.3 is 12.3 Å². The van der Waals surface area contributed by atoms with Crippen LogP contribution in [0.2, 0.25) is 0 Å². The predicted molar refractivity (Wildman–Crippen MR) is 137 cm³/mol. The van der Waals surface area contributed by atoms with Crippen molar-refractivity contribution in [2.24, 2.45) is 0 Å². The van der Waals surface area contributed by atoms with Gasteiger partial charge < -0.3 is 10.1 Å². The fourth-order valence-corrected chi connectivity index (χ4v) is 3.98. The maximum absolute atomic E-state index is 13.9. The number of alkyl halides is 3. The number of aryl methyl sites for hydroxylation is 1. The van der Waals surface area contributed by atoms with Crippen LogP contribution in [0.1, 0.15) is 52.1 Å². The molecule has 12 heteroatoms. The fourth-order valence-electron chi connectivity index (χ4n) is 3.51. The summed E-state index contributed by atoms with van der Waals surface area (Å²) < 4.78 is 69.6. The summed E-state index contributed by atoms with van der Waals surface area (Å²) in [6.07, 6.45) is -4.17. The minimum absolute atomic E-state index is 0.0166. The van der Waals surface area contributed by atoms with Gasteiger partial charge in [-0.25, -0.2) is 9.80 Å². The Hall–Kier alpha value is -2.45. The first-order chi connectivity index (χ1) is 17.9. The maximum atomic E-state index is 13.9. The maximum Gasteiger partial charge on any atom is 0.422 e. The van der Waals surface area contributed by atoms with Crippen molar-refractivity contribution in [2.45, 2.75) is 45.9 Å². The highest BCUT2D eigenvalue weighted by molar-refractivity contribution is 14.1. The Morgan fingerprint density at radius 2 is 1.86 bits per heavy atom. The molecular weight excluding hydrogens is 590 g/mol. The number of hydrogen-bond donors (Lipinski definition) is 2. The number of ether oxygens (including phenoxy) is 1. The van der Waals surface area contributed by atoms with Crippen molar-refractivity contribution in [3.05, 3.63) is 56.4 Å². The Labute approximate surface area is 225 Å². The lowest BCUT2D eigenvalue weighted by Crippen LogP contribution is -2.54. The highest BCUT2D eigenvalue weighted by Crippen LogP contribution is 2.34. The van der Waals surface area contributed by atoms with E-state index in [1.807, 2.05) is 4.90 Å². The Morgan fingerprint density at radius 3 is 2.44 bits per heavy atom. The second kappa shape index (κ2) is 11.3. The monoisotopic (exact) mass is 622 g/mol. The largest absolute Gasteiger partial charge is 0.443 e. The minimum atomic E-state index is -4.66. The van der Waals surface area contributed by atoms with E-state index >= 15 is 0 Å². The van der Waals surface area contributed by atoms with Gasteiger partial charge in [-0.05, 0) is 74.0 Å². The van der Waals surface area contributed by atoms with Crippen molar-refractivity contribution < 1.29 is 31.6 Å². The van der Waals surface area contributed by atoms with Crippen molar-refractivity contribution in [1.82, 2.24) is 20.3 Å². The van der Waals surface area contributed by atoms with Gasteiger partial charge in [-0.1, -0.05) is 6.07 Å². The summed E-state index contributed by atoms with van der Waals surface area (Å²) in [4.78, 5) is 30.3. The molecule has 1 saturated heterocycles. The molecule has 196 valence electrons. The number of halogens is 4. The zero-order chi connectivity index (χ0) is 29.2. The smallest absolute Gasteiger partial charge is 0.422 e. The molecular formula is C24H29F3IN5O3. The molecule has 3 rings (SSSR count). The average Bonchev–Trinajstić information content (AvgIpc) is 2.78. The molecule has 0 aliphatic carbocycles. The number of carbonyl (C=O) groups is 2.